The van der Waals surface area contributed by atoms with E-state index in [4.69, 9.17) is 5.11 Å². The number of hydrogen-bond donors (Lipinski definition) is 3. The van der Waals surface area contributed by atoms with Crippen LogP contribution < -0.4 is 5.32 Å². The fourth-order valence-electron chi connectivity index (χ4n) is 3.91. The molecule has 0 saturated heterocycles. The van der Waals surface area contributed by atoms with Crippen LogP contribution in [0.4, 0.5) is 0 Å². The predicted molar refractivity (Wildman–Crippen MR) is 116 cm³/mol. The largest absolute Gasteiger partial charge is 0.400 e. The first-order valence-electron chi connectivity index (χ1n) is 10.2. The summed E-state index contributed by atoms with van der Waals surface area (Å²) in [6, 6.07) is 12.0. The molecule has 1 aliphatic carbocycles. The van der Waals surface area contributed by atoms with E-state index in [1.165, 1.54) is 12.8 Å². The molecule has 3 N–H and O–H groups in total. The SMILES string of the molecule is CC(C)=C(C(=O)c1c[nH]c(C(=O)NC2CCCC2)c1)C(C)c1ccccc1.CO. The lowest BCUT2D eigenvalue weighted by molar-refractivity contribution is 0.0933. The number of aromatic amines is 1. The van der Waals surface area contributed by atoms with Crippen LogP contribution in [0.2, 0.25) is 0 Å². The van der Waals surface area contributed by atoms with E-state index in [1.807, 2.05) is 44.2 Å². The summed E-state index contributed by atoms with van der Waals surface area (Å²) in [6.07, 6.45) is 6.05. The van der Waals surface area contributed by atoms with Gasteiger partial charge in [-0.2, -0.15) is 0 Å². The van der Waals surface area contributed by atoms with Gasteiger partial charge in [0, 0.05) is 36.4 Å². The molecule has 1 aliphatic rings. The Labute approximate surface area is 173 Å². The minimum Gasteiger partial charge on any atom is -0.400 e. The van der Waals surface area contributed by atoms with Gasteiger partial charge in [-0.05, 0) is 38.3 Å². The van der Waals surface area contributed by atoms with Crippen molar-refractivity contribution in [3.63, 3.8) is 0 Å². The molecular formula is C24H32N2O3. The molecule has 2 aromatic rings. The Balaban J connectivity index is 0.00000145. The van der Waals surface area contributed by atoms with Crippen molar-refractivity contribution in [1.82, 2.24) is 10.3 Å². The third-order valence-electron chi connectivity index (χ3n) is 5.40. The molecule has 29 heavy (non-hydrogen) atoms. The number of ketones is 1. The minimum atomic E-state index is -0.129. The van der Waals surface area contributed by atoms with E-state index < -0.39 is 0 Å². The first kappa shape index (κ1) is 22.6. The first-order chi connectivity index (χ1) is 14.0. The number of aromatic nitrogens is 1. The number of carbonyl (C=O) groups excluding carboxylic acids is 2. The second-order valence-corrected chi connectivity index (χ2v) is 7.63. The maximum atomic E-state index is 13.2. The summed E-state index contributed by atoms with van der Waals surface area (Å²) in [5, 5.41) is 10.1. The number of aliphatic hydroxyl groups is 1. The van der Waals surface area contributed by atoms with E-state index in [-0.39, 0.29) is 23.7 Å². The van der Waals surface area contributed by atoms with E-state index in [0.717, 1.165) is 36.7 Å². The Hall–Kier alpha value is -2.66. The molecule has 0 aliphatic heterocycles. The van der Waals surface area contributed by atoms with Crippen LogP contribution in [-0.2, 0) is 0 Å². The summed E-state index contributed by atoms with van der Waals surface area (Å²) in [5.41, 5.74) is 3.87. The zero-order chi connectivity index (χ0) is 21.4. The molecule has 1 atom stereocenters. The third kappa shape index (κ3) is 5.67. The monoisotopic (exact) mass is 396 g/mol. The highest BCUT2D eigenvalue weighted by molar-refractivity contribution is 6.11. The highest BCUT2D eigenvalue weighted by Gasteiger charge is 2.24. The summed E-state index contributed by atoms with van der Waals surface area (Å²) in [7, 11) is 1.00. The summed E-state index contributed by atoms with van der Waals surface area (Å²) in [5.74, 6) is -0.160. The highest BCUT2D eigenvalue weighted by Crippen LogP contribution is 2.29. The fourth-order valence-corrected chi connectivity index (χ4v) is 3.91. The van der Waals surface area contributed by atoms with Crippen molar-refractivity contribution in [2.45, 2.75) is 58.4 Å². The Morgan fingerprint density at radius 2 is 1.72 bits per heavy atom. The fraction of sp³-hybridized carbons (Fsp3) is 0.417. The van der Waals surface area contributed by atoms with Gasteiger partial charge in [-0.3, -0.25) is 9.59 Å². The van der Waals surface area contributed by atoms with Gasteiger partial charge in [-0.25, -0.2) is 0 Å². The van der Waals surface area contributed by atoms with Gasteiger partial charge >= 0.3 is 0 Å². The number of nitrogens with one attached hydrogen (secondary N) is 2. The molecular weight excluding hydrogens is 364 g/mol. The van der Waals surface area contributed by atoms with Gasteiger partial charge in [0.15, 0.2) is 5.78 Å². The van der Waals surface area contributed by atoms with Crippen LogP contribution in [0, 0.1) is 0 Å². The van der Waals surface area contributed by atoms with Gasteiger partial charge in [-0.15, -0.1) is 0 Å². The Bertz CT molecular complexity index is 842. The second kappa shape index (κ2) is 10.8. The summed E-state index contributed by atoms with van der Waals surface area (Å²) < 4.78 is 0. The molecule has 1 saturated carbocycles. The molecule has 5 nitrogen and oxygen atoms in total. The van der Waals surface area contributed by atoms with Gasteiger partial charge in [0.05, 0.1) is 0 Å². The molecule has 5 heteroatoms. The Kier molecular flexibility index (Phi) is 8.40. The average molecular weight is 397 g/mol. The Morgan fingerprint density at radius 3 is 2.31 bits per heavy atom. The third-order valence-corrected chi connectivity index (χ3v) is 5.40. The molecule has 156 valence electrons. The number of allylic oxidation sites excluding steroid dienone is 2. The molecule has 3 rings (SSSR count). The summed E-state index contributed by atoms with van der Waals surface area (Å²) in [4.78, 5) is 28.6. The van der Waals surface area contributed by atoms with Crippen LogP contribution in [0.15, 0.2) is 53.7 Å². The van der Waals surface area contributed by atoms with Crippen LogP contribution in [0.5, 0.6) is 0 Å². The predicted octanol–water partition coefficient (Wildman–Crippen LogP) is 4.62. The molecule has 0 bridgehead atoms. The van der Waals surface area contributed by atoms with Crippen molar-refractivity contribution in [1.29, 1.82) is 0 Å². The van der Waals surface area contributed by atoms with E-state index >= 15 is 0 Å². The van der Waals surface area contributed by atoms with Crippen LogP contribution in [-0.4, -0.2) is 34.9 Å². The summed E-state index contributed by atoms with van der Waals surface area (Å²) in [6.45, 7) is 5.98. The molecule has 1 aromatic heterocycles. The molecule has 1 amide bonds. The first-order valence-corrected chi connectivity index (χ1v) is 10.2. The van der Waals surface area contributed by atoms with Crippen molar-refractivity contribution < 1.29 is 14.7 Å². The van der Waals surface area contributed by atoms with Gasteiger partial charge in [-0.1, -0.05) is 55.7 Å². The van der Waals surface area contributed by atoms with Crippen LogP contribution >= 0.6 is 0 Å². The number of Topliss-reactive ketones (excluding diaryl/α,β-unsaturated/α-hetero) is 1. The van der Waals surface area contributed by atoms with Crippen LogP contribution in [0.1, 0.15) is 78.8 Å². The number of amides is 1. The molecule has 1 unspecified atom stereocenters. The van der Waals surface area contributed by atoms with Gasteiger partial charge in [0.2, 0.25) is 0 Å². The molecule has 0 spiro atoms. The highest BCUT2D eigenvalue weighted by atomic mass is 16.2. The second-order valence-electron chi connectivity index (χ2n) is 7.63. The Morgan fingerprint density at radius 1 is 1.10 bits per heavy atom. The van der Waals surface area contributed by atoms with Gasteiger partial charge < -0.3 is 15.4 Å². The van der Waals surface area contributed by atoms with Crippen LogP contribution in [0.25, 0.3) is 0 Å². The van der Waals surface area contributed by atoms with E-state index in [0.29, 0.717) is 11.3 Å². The number of rotatable bonds is 6. The number of hydrogen-bond acceptors (Lipinski definition) is 3. The number of H-pyrrole nitrogens is 1. The van der Waals surface area contributed by atoms with E-state index in [1.54, 1.807) is 12.3 Å². The van der Waals surface area contributed by atoms with Crippen LogP contribution in [0.3, 0.4) is 0 Å². The maximum absolute atomic E-state index is 13.2. The number of aliphatic hydroxyl groups excluding tert-OH is 1. The van der Waals surface area contributed by atoms with E-state index in [9.17, 15) is 9.59 Å². The molecule has 1 aromatic carbocycles. The van der Waals surface area contributed by atoms with Crippen molar-refractivity contribution in [3.05, 3.63) is 70.6 Å². The maximum Gasteiger partial charge on any atom is 0.267 e. The quantitative estimate of drug-likeness (QED) is 0.492. The van der Waals surface area contributed by atoms with Gasteiger partial charge in [0.1, 0.15) is 5.69 Å². The van der Waals surface area contributed by atoms with Crippen molar-refractivity contribution >= 4 is 11.7 Å². The smallest absolute Gasteiger partial charge is 0.267 e. The lowest BCUT2D eigenvalue weighted by atomic mass is 9.86. The van der Waals surface area contributed by atoms with Crippen molar-refractivity contribution in [3.8, 4) is 0 Å². The lowest BCUT2D eigenvalue weighted by Gasteiger charge is -2.17. The zero-order valence-electron chi connectivity index (χ0n) is 17.8. The lowest BCUT2D eigenvalue weighted by Crippen LogP contribution is -2.32. The minimum absolute atomic E-state index is 0.00522. The average Bonchev–Trinajstić information content (AvgIpc) is 3.42. The molecule has 1 fully saturated rings. The molecule has 1 heterocycles. The normalized spacial score (nSPS) is 14.5. The van der Waals surface area contributed by atoms with Gasteiger partial charge in [0.25, 0.3) is 5.91 Å². The molecule has 0 radical (unpaired) electrons. The number of carbonyl (C=O) groups is 2. The van der Waals surface area contributed by atoms with E-state index in [2.05, 4.69) is 17.2 Å². The van der Waals surface area contributed by atoms with Crippen molar-refractivity contribution in [2.75, 3.05) is 7.11 Å². The summed E-state index contributed by atoms with van der Waals surface area (Å²) >= 11 is 0. The number of benzene rings is 1. The topological polar surface area (TPSA) is 82.2 Å². The zero-order valence-corrected chi connectivity index (χ0v) is 17.8. The van der Waals surface area contributed by atoms with Crippen molar-refractivity contribution in [2.24, 2.45) is 0 Å². The standard InChI is InChI=1S/C23H28N2O2.CH4O/c1-15(2)21(16(3)17-9-5-4-6-10-17)22(26)18-13-20(24-14-18)23(27)25-19-11-7-8-12-19;1-2/h4-6,9-10,13-14,16,19,24H,7-8,11-12H2,1-3H3,(H,25,27);2H,1H3.